The van der Waals surface area contributed by atoms with Gasteiger partial charge in [-0.15, -0.1) is 0 Å². The van der Waals surface area contributed by atoms with Gasteiger partial charge in [0.15, 0.2) is 0 Å². The van der Waals surface area contributed by atoms with Crippen molar-refractivity contribution in [1.82, 2.24) is 15.5 Å². The molecule has 1 aliphatic heterocycles. The normalized spacial score (nSPS) is 24.4. The Labute approximate surface area is 104 Å². The Morgan fingerprint density at radius 1 is 1.29 bits per heavy atom. The molecule has 0 aromatic rings. The second kappa shape index (κ2) is 5.83. The van der Waals surface area contributed by atoms with E-state index in [9.17, 15) is 4.79 Å². The highest BCUT2D eigenvalue weighted by Gasteiger charge is 2.29. The molecular weight excluding hydrogens is 214 g/mol. The van der Waals surface area contributed by atoms with Crippen LogP contribution in [0.2, 0.25) is 0 Å². The van der Waals surface area contributed by atoms with Gasteiger partial charge in [0.05, 0.1) is 6.04 Å². The number of nitrogens with one attached hydrogen (secondary N) is 2. The maximum absolute atomic E-state index is 12.1. The molecule has 1 heterocycles. The van der Waals surface area contributed by atoms with Gasteiger partial charge in [-0.05, 0) is 26.8 Å². The summed E-state index contributed by atoms with van der Waals surface area (Å²) in [6.45, 7) is 4.03. The van der Waals surface area contributed by atoms with Gasteiger partial charge in [0.1, 0.15) is 0 Å². The molecule has 1 atom stereocenters. The summed E-state index contributed by atoms with van der Waals surface area (Å²) < 4.78 is 0. The van der Waals surface area contributed by atoms with Gasteiger partial charge in [0, 0.05) is 25.2 Å². The number of carbonyl (C=O) groups is 1. The number of rotatable bonds is 4. The zero-order valence-electron chi connectivity index (χ0n) is 11.0. The van der Waals surface area contributed by atoms with Crippen LogP contribution in [0.1, 0.15) is 39.0 Å². The van der Waals surface area contributed by atoms with E-state index in [1.807, 2.05) is 6.92 Å². The van der Waals surface area contributed by atoms with Crippen molar-refractivity contribution < 1.29 is 4.79 Å². The number of likely N-dealkylation sites (N-methyl/N-ethyl adjacent to an activating group) is 1. The molecule has 0 bridgehead atoms. The average molecular weight is 239 g/mol. The Morgan fingerprint density at radius 3 is 2.47 bits per heavy atom. The van der Waals surface area contributed by atoms with Crippen LogP contribution in [0.5, 0.6) is 0 Å². The quantitative estimate of drug-likeness (QED) is 0.760. The summed E-state index contributed by atoms with van der Waals surface area (Å²) in [4.78, 5) is 14.3. The third-order valence-electron chi connectivity index (χ3n) is 4.28. The number of amides is 1. The maximum atomic E-state index is 12.1. The molecule has 0 spiro atoms. The fourth-order valence-electron chi connectivity index (χ4n) is 2.63. The van der Waals surface area contributed by atoms with E-state index in [0.717, 1.165) is 25.9 Å². The van der Waals surface area contributed by atoms with Crippen LogP contribution in [-0.2, 0) is 4.79 Å². The Morgan fingerprint density at radius 2 is 1.94 bits per heavy atom. The minimum Gasteiger partial charge on any atom is -0.352 e. The highest BCUT2D eigenvalue weighted by Crippen LogP contribution is 2.18. The smallest absolute Gasteiger partial charge is 0.237 e. The van der Waals surface area contributed by atoms with Gasteiger partial charge in [-0.1, -0.05) is 19.3 Å². The summed E-state index contributed by atoms with van der Waals surface area (Å²) >= 11 is 0. The Balaban J connectivity index is 1.77. The van der Waals surface area contributed by atoms with E-state index in [0.29, 0.717) is 12.1 Å². The van der Waals surface area contributed by atoms with Crippen molar-refractivity contribution in [3.05, 3.63) is 0 Å². The molecule has 0 radical (unpaired) electrons. The van der Waals surface area contributed by atoms with Crippen LogP contribution in [-0.4, -0.2) is 49.1 Å². The second-order valence-corrected chi connectivity index (χ2v) is 5.50. The van der Waals surface area contributed by atoms with Crippen LogP contribution >= 0.6 is 0 Å². The topological polar surface area (TPSA) is 44.4 Å². The van der Waals surface area contributed by atoms with E-state index in [1.165, 1.54) is 19.3 Å². The fourth-order valence-corrected chi connectivity index (χ4v) is 2.63. The predicted octanol–water partition coefficient (Wildman–Crippen LogP) is 0.727. The van der Waals surface area contributed by atoms with Crippen molar-refractivity contribution in [3.8, 4) is 0 Å². The van der Waals surface area contributed by atoms with Crippen molar-refractivity contribution in [3.63, 3.8) is 0 Å². The molecule has 1 saturated carbocycles. The number of hydrogen-bond donors (Lipinski definition) is 2. The molecule has 2 rings (SSSR count). The lowest BCUT2D eigenvalue weighted by molar-refractivity contribution is -0.127. The van der Waals surface area contributed by atoms with Crippen LogP contribution in [0.4, 0.5) is 0 Å². The van der Waals surface area contributed by atoms with Gasteiger partial charge < -0.3 is 10.6 Å². The Kier molecular flexibility index (Phi) is 4.40. The molecule has 1 amide bonds. The molecule has 17 heavy (non-hydrogen) atoms. The molecule has 2 N–H and O–H groups in total. The summed E-state index contributed by atoms with van der Waals surface area (Å²) in [5, 5.41) is 6.45. The van der Waals surface area contributed by atoms with E-state index >= 15 is 0 Å². The van der Waals surface area contributed by atoms with E-state index in [4.69, 9.17) is 0 Å². The highest BCUT2D eigenvalue weighted by atomic mass is 16.2. The second-order valence-electron chi connectivity index (χ2n) is 5.50. The van der Waals surface area contributed by atoms with Crippen molar-refractivity contribution in [2.24, 2.45) is 0 Å². The molecule has 0 aromatic heterocycles. The first-order valence-corrected chi connectivity index (χ1v) is 6.91. The zero-order chi connectivity index (χ0) is 12.3. The molecule has 1 saturated heterocycles. The summed E-state index contributed by atoms with van der Waals surface area (Å²) in [5.41, 5.74) is 0. The van der Waals surface area contributed by atoms with E-state index in [2.05, 4.69) is 22.6 Å². The van der Waals surface area contributed by atoms with Gasteiger partial charge in [-0.3, -0.25) is 9.69 Å². The van der Waals surface area contributed by atoms with Crippen LogP contribution in [0.3, 0.4) is 0 Å². The van der Waals surface area contributed by atoms with Crippen LogP contribution in [0, 0.1) is 0 Å². The molecule has 1 unspecified atom stereocenters. The van der Waals surface area contributed by atoms with Crippen molar-refractivity contribution in [2.75, 3.05) is 20.1 Å². The van der Waals surface area contributed by atoms with Crippen LogP contribution in [0.15, 0.2) is 0 Å². The molecule has 2 aliphatic rings. The van der Waals surface area contributed by atoms with Crippen molar-refractivity contribution in [1.29, 1.82) is 0 Å². The monoisotopic (exact) mass is 239 g/mol. The van der Waals surface area contributed by atoms with Gasteiger partial charge in [-0.25, -0.2) is 0 Å². The van der Waals surface area contributed by atoms with Gasteiger partial charge >= 0.3 is 0 Å². The molecule has 98 valence electrons. The maximum Gasteiger partial charge on any atom is 0.237 e. The number of hydrogen-bond acceptors (Lipinski definition) is 3. The van der Waals surface area contributed by atoms with Gasteiger partial charge in [0.25, 0.3) is 0 Å². The van der Waals surface area contributed by atoms with E-state index < -0.39 is 0 Å². The molecule has 2 fully saturated rings. The molecule has 4 heteroatoms. The lowest BCUT2D eigenvalue weighted by atomic mass is 9.95. The minimum absolute atomic E-state index is 0.0102. The first-order chi connectivity index (χ1) is 8.18. The van der Waals surface area contributed by atoms with Gasteiger partial charge in [0.2, 0.25) is 5.91 Å². The highest BCUT2D eigenvalue weighted by molar-refractivity contribution is 5.81. The molecule has 1 aliphatic carbocycles. The fraction of sp³-hybridized carbons (Fsp3) is 0.923. The summed E-state index contributed by atoms with van der Waals surface area (Å²) in [7, 11) is 2.05. The molecular formula is C13H25N3O. The lowest BCUT2D eigenvalue weighted by Crippen LogP contribution is -2.61. The standard InChI is InChI=1S/C13H25N3O/c1-10(16(2)12-8-14-9-12)13(17)15-11-6-4-3-5-7-11/h10-12,14H,3-9H2,1-2H3,(H,15,17). The van der Waals surface area contributed by atoms with E-state index in [1.54, 1.807) is 0 Å². The van der Waals surface area contributed by atoms with E-state index in [-0.39, 0.29) is 11.9 Å². The summed E-state index contributed by atoms with van der Waals surface area (Å²) in [5.74, 6) is 0.200. The first-order valence-electron chi connectivity index (χ1n) is 6.91. The van der Waals surface area contributed by atoms with Crippen molar-refractivity contribution >= 4 is 5.91 Å². The molecule has 0 aromatic carbocycles. The average Bonchev–Trinajstić information content (AvgIpc) is 2.27. The Hall–Kier alpha value is -0.610. The SMILES string of the molecule is CC(C(=O)NC1CCCCC1)N(C)C1CNC1. The number of carbonyl (C=O) groups excluding carboxylic acids is 1. The minimum atomic E-state index is -0.0102. The van der Waals surface area contributed by atoms with Gasteiger partial charge in [-0.2, -0.15) is 0 Å². The first kappa shape index (κ1) is 12.8. The van der Waals surface area contributed by atoms with Crippen LogP contribution in [0.25, 0.3) is 0 Å². The van der Waals surface area contributed by atoms with Crippen molar-refractivity contribution in [2.45, 2.75) is 57.2 Å². The molecule has 4 nitrogen and oxygen atoms in total. The largest absolute Gasteiger partial charge is 0.352 e. The Bertz CT molecular complexity index is 259. The van der Waals surface area contributed by atoms with Crippen LogP contribution < -0.4 is 10.6 Å². The lowest BCUT2D eigenvalue weighted by Gasteiger charge is -2.39. The summed E-state index contributed by atoms with van der Waals surface area (Å²) in [6.07, 6.45) is 6.18. The zero-order valence-corrected chi connectivity index (χ0v) is 11.0. The summed E-state index contributed by atoms with van der Waals surface area (Å²) in [6, 6.07) is 0.942. The predicted molar refractivity (Wildman–Crippen MR) is 68.9 cm³/mol. The third-order valence-corrected chi connectivity index (χ3v) is 4.28. The third kappa shape index (κ3) is 3.19. The number of nitrogens with zero attached hydrogens (tertiary/aromatic N) is 1.